The largest absolute Gasteiger partial charge is 0.482 e. The third-order valence-corrected chi connectivity index (χ3v) is 2.91. The van der Waals surface area contributed by atoms with Crippen LogP contribution in [0.2, 0.25) is 10.0 Å². The molecule has 2 aromatic carbocycles. The Kier molecular flexibility index (Phi) is 4.82. The van der Waals surface area contributed by atoms with Crippen LogP contribution in [-0.2, 0) is 4.79 Å². The zero-order valence-electron chi connectivity index (χ0n) is 10.2. The normalized spacial score (nSPS) is 10.2. The number of halogens is 3. The lowest BCUT2D eigenvalue weighted by Gasteiger charge is -2.09. The molecule has 2 rings (SSSR count). The molecule has 1 N–H and O–H groups in total. The van der Waals surface area contributed by atoms with Crippen LogP contribution in [0.25, 0.3) is 0 Å². The van der Waals surface area contributed by atoms with Crippen LogP contribution in [0.4, 0.5) is 10.1 Å². The molecule has 0 aliphatic rings. The Labute approximate surface area is 125 Å². The fraction of sp³-hybridized carbons (Fsp3) is 0.0714. The van der Waals surface area contributed by atoms with Gasteiger partial charge in [0.15, 0.2) is 6.61 Å². The first-order valence-corrected chi connectivity index (χ1v) is 6.43. The number of rotatable bonds is 4. The number of hydrogen-bond acceptors (Lipinski definition) is 2. The zero-order chi connectivity index (χ0) is 14.5. The zero-order valence-corrected chi connectivity index (χ0v) is 11.7. The molecule has 0 saturated carbocycles. The standard InChI is InChI=1S/C14H10Cl2FNO2/c15-9-4-5-12(16)13(6-9)20-8-14(19)18-11-3-1-2-10(17)7-11/h1-7H,8H2,(H,18,19). The quantitative estimate of drug-likeness (QED) is 0.920. The van der Waals surface area contributed by atoms with Gasteiger partial charge in [-0.25, -0.2) is 4.39 Å². The van der Waals surface area contributed by atoms with E-state index in [4.69, 9.17) is 27.9 Å². The molecule has 0 spiro atoms. The average Bonchev–Trinajstić information content (AvgIpc) is 2.40. The number of benzene rings is 2. The van der Waals surface area contributed by atoms with Gasteiger partial charge in [-0.15, -0.1) is 0 Å². The first-order chi connectivity index (χ1) is 9.54. The summed E-state index contributed by atoms with van der Waals surface area (Å²) in [5, 5.41) is 3.32. The number of anilines is 1. The molecular formula is C14H10Cl2FNO2. The van der Waals surface area contributed by atoms with E-state index in [1.54, 1.807) is 18.2 Å². The Morgan fingerprint density at radius 1 is 1.20 bits per heavy atom. The van der Waals surface area contributed by atoms with Gasteiger partial charge in [0.25, 0.3) is 5.91 Å². The van der Waals surface area contributed by atoms with E-state index in [0.29, 0.717) is 21.5 Å². The van der Waals surface area contributed by atoms with Crippen molar-refractivity contribution in [3.63, 3.8) is 0 Å². The fourth-order valence-electron chi connectivity index (χ4n) is 1.49. The summed E-state index contributed by atoms with van der Waals surface area (Å²) in [6.07, 6.45) is 0. The fourth-order valence-corrected chi connectivity index (χ4v) is 1.83. The molecule has 0 aromatic heterocycles. The van der Waals surface area contributed by atoms with E-state index in [1.807, 2.05) is 0 Å². The molecule has 0 aliphatic heterocycles. The van der Waals surface area contributed by atoms with Crippen LogP contribution >= 0.6 is 23.2 Å². The van der Waals surface area contributed by atoms with E-state index in [0.717, 1.165) is 0 Å². The number of ether oxygens (including phenoxy) is 1. The molecule has 0 aliphatic carbocycles. The maximum Gasteiger partial charge on any atom is 0.262 e. The highest BCUT2D eigenvalue weighted by Gasteiger charge is 2.07. The summed E-state index contributed by atoms with van der Waals surface area (Å²) in [7, 11) is 0. The van der Waals surface area contributed by atoms with Gasteiger partial charge in [-0.1, -0.05) is 29.3 Å². The molecule has 0 unspecified atom stereocenters. The summed E-state index contributed by atoms with van der Waals surface area (Å²) >= 11 is 11.7. The monoisotopic (exact) mass is 313 g/mol. The van der Waals surface area contributed by atoms with Gasteiger partial charge in [-0.3, -0.25) is 4.79 Å². The Balaban J connectivity index is 1.94. The minimum Gasteiger partial charge on any atom is -0.482 e. The van der Waals surface area contributed by atoms with Gasteiger partial charge >= 0.3 is 0 Å². The molecule has 20 heavy (non-hydrogen) atoms. The van der Waals surface area contributed by atoms with Crippen LogP contribution in [0.15, 0.2) is 42.5 Å². The summed E-state index contributed by atoms with van der Waals surface area (Å²) in [5.74, 6) is -0.540. The van der Waals surface area contributed by atoms with Crippen molar-refractivity contribution in [1.29, 1.82) is 0 Å². The lowest BCUT2D eigenvalue weighted by Crippen LogP contribution is -2.20. The van der Waals surface area contributed by atoms with E-state index >= 15 is 0 Å². The smallest absolute Gasteiger partial charge is 0.262 e. The maximum atomic E-state index is 13.0. The second-order valence-corrected chi connectivity index (χ2v) is 4.77. The summed E-state index contributed by atoms with van der Waals surface area (Å²) in [4.78, 5) is 11.7. The third kappa shape index (κ3) is 4.11. The highest BCUT2D eigenvalue weighted by atomic mass is 35.5. The van der Waals surface area contributed by atoms with E-state index in [2.05, 4.69) is 5.32 Å². The predicted molar refractivity (Wildman–Crippen MR) is 77.0 cm³/mol. The van der Waals surface area contributed by atoms with Crippen molar-refractivity contribution in [3.05, 3.63) is 58.3 Å². The molecule has 2 aromatic rings. The van der Waals surface area contributed by atoms with Crippen LogP contribution in [0.1, 0.15) is 0 Å². The minimum atomic E-state index is -0.429. The van der Waals surface area contributed by atoms with Crippen molar-refractivity contribution in [2.75, 3.05) is 11.9 Å². The van der Waals surface area contributed by atoms with E-state index < -0.39 is 11.7 Å². The first-order valence-electron chi connectivity index (χ1n) is 5.68. The van der Waals surface area contributed by atoms with Gasteiger partial charge < -0.3 is 10.1 Å². The Morgan fingerprint density at radius 2 is 2.00 bits per heavy atom. The highest BCUT2D eigenvalue weighted by Crippen LogP contribution is 2.27. The number of hydrogen-bond donors (Lipinski definition) is 1. The number of carbonyl (C=O) groups excluding carboxylic acids is 1. The molecule has 1 amide bonds. The summed E-state index contributed by atoms with van der Waals surface area (Å²) in [6.45, 7) is -0.253. The third-order valence-electron chi connectivity index (χ3n) is 2.36. The molecule has 3 nitrogen and oxygen atoms in total. The SMILES string of the molecule is O=C(COc1cc(Cl)ccc1Cl)Nc1cccc(F)c1. The van der Waals surface area contributed by atoms with E-state index in [9.17, 15) is 9.18 Å². The van der Waals surface area contributed by atoms with Gasteiger partial charge in [0.1, 0.15) is 11.6 Å². The molecule has 0 saturated heterocycles. The molecule has 0 atom stereocenters. The molecule has 0 heterocycles. The van der Waals surface area contributed by atoms with Crippen molar-refractivity contribution in [3.8, 4) is 5.75 Å². The molecule has 0 fully saturated rings. The Bertz CT molecular complexity index is 634. The van der Waals surface area contributed by atoms with E-state index in [-0.39, 0.29) is 6.61 Å². The van der Waals surface area contributed by atoms with Crippen LogP contribution in [-0.4, -0.2) is 12.5 Å². The van der Waals surface area contributed by atoms with E-state index in [1.165, 1.54) is 24.3 Å². The second-order valence-electron chi connectivity index (χ2n) is 3.92. The summed E-state index contributed by atoms with van der Waals surface area (Å²) < 4.78 is 18.2. The average molecular weight is 314 g/mol. The topological polar surface area (TPSA) is 38.3 Å². The number of amides is 1. The van der Waals surface area contributed by atoms with Crippen LogP contribution < -0.4 is 10.1 Å². The molecule has 0 bridgehead atoms. The lowest BCUT2D eigenvalue weighted by atomic mass is 10.3. The van der Waals surface area contributed by atoms with Gasteiger partial charge in [-0.05, 0) is 30.3 Å². The Morgan fingerprint density at radius 3 is 2.75 bits per heavy atom. The van der Waals surface area contributed by atoms with Crippen LogP contribution in [0.5, 0.6) is 5.75 Å². The lowest BCUT2D eigenvalue weighted by molar-refractivity contribution is -0.118. The van der Waals surface area contributed by atoms with Gasteiger partial charge in [0, 0.05) is 16.8 Å². The van der Waals surface area contributed by atoms with Crippen LogP contribution in [0, 0.1) is 5.82 Å². The molecule has 6 heteroatoms. The van der Waals surface area contributed by atoms with Crippen molar-refractivity contribution in [1.82, 2.24) is 0 Å². The van der Waals surface area contributed by atoms with Crippen molar-refractivity contribution in [2.24, 2.45) is 0 Å². The Hall–Kier alpha value is -1.78. The van der Waals surface area contributed by atoms with Gasteiger partial charge in [-0.2, -0.15) is 0 Å². The summed E-state index contributed by atoms with van der Waals surface area (Å²) in [6, 6.07) is 10.3. The van der Waals surface area contributed by atoms with Crippen LogP contribution in [0.3, 0.4) is 0 Å². The van der Waals surface area contributed by atoms with Crippen molar-refractivity contribution < 1.29 is 13.9 Å². The van der Waals surface area contributed by atoms with Crippen molar-refractivity contribution in [2.45, 2.75) is 0 Å². The predicted octanol–water partition coefficient (Wildman–Crippen LogP) is 4.15. The second kappa shape index (κ2) is 6.59. The van der Waals surface area contributed by atoms with Crippen molar-refractivity contribution >= 4 is 34.8 Å². The summed E-state index contributed by atoms with van der Waals surface area (Å²) in [5.41, 5.74) is 0.357. The number of nitrogens with one attached hydrogen (secondary N) is 1. The van der Waals surface area contributed by atoms with Gasteiger partial charge in [0.05, 0.1) is 5.02 Å². The molecule has 0 radical (unpaired) electrons. The van der Waals surface area contributed by atoms with Gasteiger partial charge in [0.2, 0.25) is 0 Å². The first kappa shape index (κ1) is 14.6. The number of carbonyl (C=O) groups is 1. The highest BCUT2D eigenvalue weighted by molar-refractivity contribution is 6.34. The molecular weight excluding hydrogens is 304 g/mol. The minimum absolute atomic E-state index is 0.253. The molecule has 104 valence electrons. The maximum absolute atomic E-state index is 13.0.